The summed E-state index contributed by atoms with van der Waals surface area (Å²) in [5.74, 6) is -2.43. The van der Waals surface area contributed by atoms with Crippen LogP contribution in [-0.4, -0.2) is 24.1 Å². The quantitative estimate of drug-likeness (QED) is 0.769. The molecule has 136 valence electrons. The number of ether oxygens (including phenoxy) is 1. The molecule has 0 spiro atoms. The summed E-state index contributed by atoms with van der Waals surface area (Å²) in [5, 5.41) is 0. The zero-order valence-electron chi connectivity index (χ0n) is 15.0. The molecule has 4 nitrogen and oxygen atoms in total. The van der Waals surface area contributed by atoms with Gasteiger partial charge in [0.25, 0.3) is 0 Å². The fraction of sp³-hybridized carbons (Fsp3) is 0.227. The highest BCUT2D eigenvalue weighted by Gasteiger charge is 2.46. The number of allylic oxidation sites excluding steroid dienone is 1. The number of Topliss-reactive ketones (excluding diaryl/α,β-unsaturated/α-hetero) is 1. The molecule has 1 aliphatic heterocycles. The zero-order chi connectivity index (χ0) is 19.1. The Morgan fingerprint density at radius 3 is 2.59 bits per heavy atom. The Labute approximate surface area is 156 Å². The summed E-state index contributed by atoms with van der Waals surface area (Å²) >= 11 is 0. The van der Waals surface area contributed by atoms with Crippen LogP contribution in [0.5, 0.6) is 0 Å². The fourth-order valence-corrected chi connectivity index (χ4v) is 3.95. The molecule has 0 saturated heterocycles. The monoisotopic (exact) mass is 363 g/mol. The van der Waals surface area contributed by atoms with E-state index in [1.54, 1.807) is 38.1 Å². The first-order valence-electron chi connectivity index (χ1n) is 8.88. The Kier molecular flexibility index (Phi) is 4.22. The maximum atomic E-state index is 14.0. The van der Waals surface area contributed by atoms with E-state index in [0.29, 0.717) is 28.1 Å². The minimum absolute atomic E-state index is 0.166. The standard InChI is InChI=1S/C22H18FNO3/c1-3-27-22(26)17-12(2)24-20-15-9-4-5-10-16(15)21(25)19(20)18(17)13-7-6-8-14(23)11-13/h4-11,17-18H,3H2,1-2H3/t17?,18-/m1/s1. The molecule has 0 aromatic heterocycles. The molecule has 1 aliphatic carbocycles. The maximum Gasteiger partial charge on any atom is 0.315 e. The Bertz CT molecular complexity index is 1020. The van der Waals surface area contributed by atoms with Crippen LogP contribution in [0.15, 0.2) is 59.1 Å². The van der Waals surface area contributed by atoms with E-state index in [1.807, 2.05) is 12.1 Å². The van der Waals surface area contributed by atoms with Gasteiger partial charge in [0.15, 0.2) is 5.78 Å². The Morgan fingerprint density at radius 1 is 1.15 bits per heavy atom. The van der Waals surface area contributed by atoms with Crippen LogP contribution in [0, 0.1) is 11.7 Å². The van der Waals surface area contributed by atoms with Gasteiger partial charge >= 0.3 is 5.97 Å². The number of carbonyl (C=O) groups is 2. The normalized spacial score (nSPS) is 20.9. The number of carbonyl (C=O) groups excluding carboxylic acids is 2. The third-order valence-electron chi connectivity index (χ3n) is 5.06. The summed E-state index contributed by atoms with van der Waals surface area (Å²) < 4.78 is 19.2. The summed E-state index contributed by atoms with van der Waals surface area (Å²) in [4.78, 5) is 30.5. The smallest absolute Gasteiger partial charge is 0.315 e. The molecule has 5 heteroatoms. The van der Waals surface area contributed by atoms with Crippen LogP contribution in [0.25, 0.3) is 5.70 Å². The molecule has 1 heterocycles. The summed E-state index contributed by atoms with van der Waals surface area (Å²) in [6.45, 7) is 3.70. The largest absolute Gasteiger partial charge is 0.465 e. The second kappa shape index (κ2) is 6.58. The van der Waals surface area contributed by atoms with Gasteiger partial charge < -0.3 is 4.74 Å². The average molecular weight is 363 g/mol. The van der Waals surface area contributed by atoms with Gasteiger partial charge in [-0.1, -0.05) is 36.4 Å². The second-order valence-corrected chi connectivity index (χ2v) is 6.65. The Hall–Kier alpha value is -3.08. The lowest BCUT2D eigenvalue weighted by Gasteiger charge is -2.30. The van der Waals surface area contributed by atoms with Gasteiger partial charge in [-0.05, 0) is 31.5 Å². The molecule has 4 rings (SSSR count). The molecule has 0 bridgehead atoms. The first-order chi connectivity index (χ1) is 13.0. The molecule has 0 fully saturated rings. The van der Waals surface area contributed by atoms with E-state index in [9.17, 15) is 14.0 Å². The molecular formula is C22H18FNO3. The van der Waals surface area contributed by atoms with Crippen LogP contribution in [0.2, 0.25) is 0 Å². The number of fused-ring (bicyclic) bond motifs is 2. The van der Waals surface area contributed by atoms with Crippen molar-refractivity contribution in [1.82, 2.24) is 0 Å². The molecule has 0 amide bonds. The van der Waals surface area contributed by atoms with Crippen molar-refractivity contribution in [2.45, 2.75) is 19.8 Å². The lowest BCUT2D eigenvalue weighted by atomic mass is 9.75. The third-order valence-corrected chi connectivity index (χ3v) is 5.06. The van der Waals surface area contributed by atoms with E-state index in [1.165, 1.54) is 12.1 Å². The Morgan fingerprint density at radius 2 is 1.89 bits per heavy atom. The SMILES string of the molecule is CCOC(=O)C1C(C)=NC2=C(C(=O)c3ccccc32)[C@@H]1c1cccc(F)c1. The number of nitrogens with zero attached hydrogens (tertiary/aromatic N) is 1. The number of ketones is 1. The summed E-state index contributed by atoms with van der Waals surface area (Å²) in [5.41, 5.74) is 3.45. The number of halogens is 1. The highest BCUT2D eigenvalue weighted by Crippen LogP contribution is 2.48. The highest BCUT2D eigenvalue weighted by molar-refractivity contribution is 6.24. The van der Waals surface area contributed by atoms with Crippen molar-refractivity contribution in [3.63, 3.8) is 0 Å². The average Bonchev–Trinajstić information content (AvgIpc) is 2.93. The first kappa shape index (κ1) is 17.3. The van der Waals surface area contributed by atoms with E-state index in [2.05, 4.69) is 4.99 Å². The molecule has 2 aromatic carbocycles. The molecule has 0 N–H and O–H groups in total. The molecule has 1 unspecified atom stereocenters. The Balaban J connectivity index is 1.94. The van der Waals surface area contributed by atoms with Crippen LogP contribution in [0.3, 0.4) is 0 Å². The van der Waals surface area contributed by atoms with E-state index in [0.717, 1.165) is 5.56 Å². The zero-order valence-corrected chi connectivity index (χ0v) is 15.0. The highest BCUT2D eigenvalue weighted by atomic mass is 19.1. The lowest BCUT2D eigenvalue weighted by Crippen LogP contribution is -2.35. The first-order valence-corrected chi connectivity index (χ1v) is 8.88. The van der Waals surface area contributed by atoms with Crippen molar-refractivity contribution in [2.75, 3.05) is 6.61 Å². The maximum absolute atomic E-state index is 14.0. The van der Waals surface area contributed by atoms with E-state index < -0.39 is 23.6 Å². The van der Waals surface area contributed by atoms with Gasteiger partial charge in [0.05, 0.1) is 12.3 Å². The molecule has 2 atom stereocenters. The van der Waals surface area contributed by atoms with Gasteiger partial charge in [0.2, 0.25) is 0 Å². The topological polar surface area (TPSA) is 55.7 Å². The molecular weight excluding hydrogens is 345 g/mol. The predicted octanol–water partition coefficient (Wildman–Crippen LogP) is 4.17. The van der Waals surface area contributed by atoms with Gasteiger partial charge in [-0.2, -0.15) is 0 Å². The molecule has 0 saturated carbocycles. The van der Waals surface area contributed by atoms with Crippen LogP contribution in [-0.2, 0) is 9.53 Å². The van der Waals surface area contributed by atoms with Gasteiger partial charge in [0, 0.05) is 28.3 Å². The van der Waals surface area contributed by atoms with Gasteiger partial charge in [-0.15, -0.1) is 0 Å². The van der Waals surface area contributed by atoms with E-state index in [4.69, 9.17) is 4.74 Å². The van der Waals surface area contributed by atoms with Crippen molar-refractivity contribution in [3.05, 3.63) is 76.6 Å². The van der Waals surface area contributed by atoms with Crippen molar-refractivity contribution in [1.29, 1.82) is 0 Å². The molecule has 0 radical (unpaired) electrons. The van der Waals surface area contributed by atoms with Crippen LogP contribution >= 0.6 is 0 Å². The molecule has 27 heavy (non-hydrogen) atoms. The third kappa shape index (κ3) is 2.70. The van der Waals surface area contributed by atoms with E-state index >= 15 is 0 Å². The van der Waals surface area contributed by atoms with E-state index in [-0.39, 0.29) is 12.4 Å². The fourth-order valence-electron chi connectivity index (χ4n) is 3.95. The van der Waals surface area contributed by atoms with Gasteiger partial charge in [-0.25, -0.2) is 4.39 Å². The van der Waals surface area contributed by atoms with Gasteiger partial charge in [0.1, 0.15) is 11.7 Å². The predicted molar refractivity (Wildman–Crippen MR) is 100 cm³/mol. The van der Waals surface area contributed by atoms with Crippen LogP contribution < -0.4 is 0 Å². The number of rotatable bonds is 3. The van der Waals surface area contributed by atoms with Crippen LogP contribution in [0.4, 0.5) is 4.39 Å². The minimum atomic E-state index is -0.760. The number of benzene rings is 2. The number of esters is 1. The van der Waals surface area contributed by atoms with Crippen LogP contribution in [0.1, 0.15) is 41.3 Å². The molecule has 2 aromatic rings. The summed E-state index contributed by atoms with van der Waals surface area (Å²) in [6, 6.07) is 13.3. The number of hydrogen-bond acceptors (Lipinski definition) is 4. The van der Waals surface area contributed by atoms with Crippen molar-refractivity contribution in [3.8, 4) is 0 Å². The van der Waals surface area contributed by atoms with Crippen molar-refractivity contribution >= 4 is 23.2 Å². The van der Waals surface area contributed by atoms with Crippen molar-refractivity contribution < 1.29 is 18.7 Å². The number of aliphatic imine (C=N–C) groups is 1. The summed E-state index contributed by atoms with van der Waals surface area (Å²) in [7, 11) is 0. The molecule has 2 aliphatic rings. The number of hydrogen-bond donors (Lipinski definition) is 0. The second-order valence-electron chi connectivity index (χ2n) is 6.65. The summed E-state index contributed by atoms with van der Waals surface area (Å²) in [6.07, 6.45) is 0. The van der Waals surface area contributed by atoms with Crippen molar-refractivity contribution in [2.24, 2.45) is 10.9 Å². The van der Waals surface area contributed by atoms with Gasteiger partial charge in [-0.3, -0.25) is 14.6 Å². The minimum Gasteiger partial charge on any atom is -0.465 e. The lowest BCUT2D eigenvalue weighted by molar-refractivity contribution is -0.146.